The standard InChI is InChI=1S/C16H24N6O/c23-16(13-21-10-7-17-19-21)6-9-20(12-16)11-14-5-8-22(18-14)15-3-1-2-4-15/h5,7-8,10,15,23H,1-4,6,9,11-13H2. The van der Waals surface area contributed by atoms with Gasteiger partial charge in [0.05, 0.1) is 30.1 Å². The molecule has 7 heteroatoms. The summed E-state index contributed by atoms with van der Waals surface area (Å²) < 4.78 is 3.85. The minimum atomic E-state index is -0.721. The van der Waals surface area contributed by atoms with Gasteiger partial charge in [-0.15, -0.1) is 5.10 Å². The number of aliphatic hydroxyl groups is 1. The lowest BCUT2D eigenvalue weighted by molar-refractivity contribution is 0.0273. The molecule has 0 radical (unpaired) electrons. The molecule has 1 aliphatic carbocycles. The highest BCUT2D eigenvalue weighted by molar-refractivity contribution is 5.02. The maximum absolute atomic E-state index is 10.7. The van der Waals surface area contributed by atoms with Crippen molar-refractivity contribution in [1.82, 2.24) is 29.7 Å². The van der Waals surface area contributed by atoms with Crippen molar-refractivity contribution in [2.75, 3.05) is 13.1 Å². The molecule has 2 aliphatic rings. The van der Waals surface area contributed by atoms with E-state index in [0.717, 1.165) is 25.2 Å². The highest BCUT2D eigenvalue weighted by Crippen LogP contribution is 2.29. The molecule has 23 heavy (non-hydrogen) atoms. The second-order valence-corrected chi connectivity index (χ2v) is 7.01. The number of aromatic nitrogens is 5. The summed E-state index contributed by atoms with van der Waals surface area (Å²) in [5.74, 6) is 0. The molecule has 1 atom stereocenters. The molecule has 1 aliphatic heterocycles. The van der Waals surface area contributed by atoms with Gasteiger partial charge < -0.3 is 5.11 Å². The zero-order valence-corrected chi connectivity index (χ0v) is 13.4. The lowest BCUT2D eigenvalue weighted by Gasteiger charge is -2.22. The molecule has 0 bridgehead atoms. The number of nitrogens with zero attached hydrogens (tertiary/aromatic N) is 6. The van der Waals surface area contributed by atoms with Crippen LogP contribution in [0.1, 0.15) is 43.8 Å². The van der Waals surface area contributed by atoms with Gasteiger partial charge in [-0.1, -0.05) is 18.1 Å². The first-order chi connectivity index (χ1) is 11.2. The van der Waals surface area contributed by atoms with Gasteiger partial charge in [-0.05, 0) is 25.3 Å². The SMILES string of the molecule is OC1(Cn2ccnn2)CCN(Cc2ccn(C3CCCC3)n2)C1. The average Bonchev–Trinajstić information content (AvgIpc) is 3.27. The van der Waals surface area contributed by atoms with Crippen LogP contribution >= 0.6 is 0 Å². The second kappa shape index (κ2) is 6.05. The summed E-state index contributed by atoms with van der Waals surface area (Å²) in [6.45, 7) is 2.85. The molecule has 1 unspecified atom stereocenters. The molecule has 2 aromatic rings. The Morgan fingerprint density at radius 1 is 1.26 bits per heavy atom. The molecule has 3 heterocycles. The van der Waals surface area contributed by atoms with E-state index in [1.807, 2.05) is 0 Å². The Labute approximate surface area is 135 Å². The van der Waals surface area contributed by atoms with Crippen molar-refractivity contribution >= 4 is 0 Å². The van der Waals surface area contributed by atoms with Crippen molar-refractivity contribution in [2.45, 2.75) is 56.8 Å². The number of β-amino-alcohol motifs (C(OH)–C–C–N with tert-alkyl or cyclic N) is 1. The maximum atomic E-state index is 10.7. The van der Waals surface area contributed by atoms with Gasteiger partial charge in [-0.2, -0.15) is 5.10 Å². The van der Waals surface area contributed by atoms with Crippen molar-refractivity contribution in [1.29, 1.82) is 0 Å². The van der Waals surface area contributed by atoms with Crippen LogP contribution in [-0.4, -0.2) is 53.5 Å². The fourth-order valence-corrected chi connectivity index (χ4v) is 3.89. The van der Waals surface area contributed by atoms with E-state index in [1.165, 1.54) is 25.7 Å². The van der Waals surface area contributed by atoms with Crippen molar-refractivity contribution in [3.05, 3.63) is 30.4 Å². The van der Waals surface area contributed by atoms with Crippen molar-refractivity contribution < 1.29 is 5.11 Å². The van der Waals surface area contributed by atoms with E-state index in [1.54, 1.807) is 17.1 Å². The minimum absolute atomic E-state index is 0.500. The third kappa shape index (κ3) is 3.30. The molecule has 0 spiro atoms. The zero-order chi connectivity index (χ0) is 15.7. The molecular formula is C16H24N6O. The third-order valence-electron chi connectivity index (χ3n) is 5.09. The van der Waals surface area contributed by atoms with Crippen LogP contribution in [0.3, 0.4) is 0 Å². The summed E-state index contributed by atoms with van der Waals surface area (Å²) in [4.78, 5) is 2.28. The molecule has 4 rings (SSSR count). The molecule has 1 saturated carbocycles. The van der Waals surface area contributed by atoms with Gasteiger partial charge in [-0.3, -0.25) is 9.58 Å². The van der Waals surface area contributed by atoms with E-state index in [9.17, 15) is 5.11 Å². The van der Waals surface area contributed by atoms with Gasteiger partial charge in [0.25, 0.3) is 0 Å². The van der Waals surface area contributed by atoms with Crippen molar-refractivity contribution in [3.8, 4) is 0 Å². The molecule has 2 fully saturated rings. The molecule has 0 aromatic carbocycles. The Kier molecular flexibility index (Phi) is 3.90. The Bertz CT molecular complexity index is 633. The molecule has 0 amide bonds. The van der Waals surface area contributed by atoms with Gasteiger partial charge in [-0.25, -0.2) is 4.68 Å². The minimum Gasteiger partial charge on any atom is -0.387 e. The lowest BCUT2D eigenvalue weighted by Crippen LogP contribution is -2.37. The topological polar surface area (TPSA) is 72.0 Å². The van der Waals surface area contributed by atoms with Gasteiger partial charge >= 0.3 is 0 Å². The molecular weight excluding hydrogens is 292 g/mol. The van der Waals surface area contributed by atoms with Crippen LogP contribution < -0.4 is 0 Å². The highest BCUT2D eigenvalue weighted by atomic mass is 16.3. The maximum Gasteiger partial charge on any atom is 0.0981 e. The molecule has 1 saturated heterocycles. The lowest BCUT2D eigenvalue weighted by atomic mass is 10.0. The van der Waals surface area contributed by atoms with E-state index in [-0.39, 0.29) is 0 Å². The predicted octanol–water partition coefficient (Wildman–Crippen LogP) is 1.23. The van der Waals surface area contributed by atoms with Crippen LogP contribution in [0.4, 0.5) is 0 Å². The van der Waals surface area contributed by atoms with Crippen molar-refractivity contribution in [2.24, 2.45) is 0 Å². The largest absolute Gasteiger partial charge is 0.387 e. The van der Waals surface area contributed by atoms with Gasteiger partial charge in [0.2, 0.25) is 0 Å². The summed E-state index contributed by atoms with van der Waals surface area (Å²) >= 11 is 0. The highest BCUT2D eigenvalue weighted by Gasteiger charge is 2.36. The number of hydrogen-bond donors (Lipinski definition) is 1. The van der Waals surface area contributed by atoms with Crippen molar-refractivity contribution in [3.63, 3.8) is 0 Å². The monoisotopic (exact) mass is 316 g/mol. The van der Waals surface area contributed by atoms with Gasteiger partial charge in [0, 0.05) is 32.0 Å². The number of rotatable bonds is 5. The smallest absolute Gasteiger partial charge is 0.0981 e. The Morgan fingerprint density at radius 3 is 2.91 bits per heavy atom. The molecule has 7 nitrogen and oxygen atoms in total. The fraction of sp³-hybridized carbons (Fsp3) is 0.688. The summed E-state index contributed by atoms with van der Waals surface area (Å²) in [5.41, 5.74) is 0.378. The van der Waals surface area contributed by atoms with Crippen LogP contribution in [0.15, 0.2) is 24.7 Å². The fourth-order valence-electron chi connectivity index (χ4n) is 3.89. The number of likely N-dealkylation sites (tertiary alicyclic amines) is 1. The summed E-state index contributed by atoms with van der Waals surface area (Å²) in [7, 11) is 0. The Morgan fingerprint density at radius 2 is 2.13 bits per heavy atom. The first-order valence-electron chi connectivity index (χ1n) is 8.53. The van der Waals surface area contributed by atoms with Crippen LogP contribution in [0.2, 0.25) is 0 Å². The van der Waals surface area contributed by atoms with Gasteiger partial charge in [0.15, 0.2) is 0 Å². The molecule has 124 valence electrons. The zero-order valence-electron chi connectivity index (χ0n) is 13.4. The van der Waals surface area contributed by atoms with Crippen LogP contribution in [-0.2, 0) is 13.1 Å². The van der Waals surface area contributed by atoms with E-state index in [4.69, 9.17) is 5.10 Å². The predicted molar refractivity (Wildman–Crippen MR) is 84.6 cm³/mol. The first kappa shape index (κ1) is 14.8. The van der Waals surface area contributed by atoms with E-state index in [2.05, 4.69) is 32.2 Å². The summed E-state index contributed by atoms with van der Waals surface area (Å²) in [6, 6.07) is 2.71. The average molecular weight is 316 g/mol. The van der Waals surface area contributed by atoms with E-state index < -0.39 is 5.60 Å². The second-order valence-electron chi connectivity index (χ2n) is 7.01. The Balaban J connectivity index is 1.35. The molecule has 2 aromatic heterocycles. The first-order valence-corrected chi connectivity index (χ1v) is 8.53. The van der Waals surface area contributed by atoms with Crippen LogP contribution in [0, 0.1) is 0 Å². The number of hydrogen-bond acceptors (Lipinski definition) is 5. The van der Waals surface area contributed by atoms with Gasteiger partial charge in [0.1, 0.15) is 0 Å². The third-order valence-corrected chi connectivity index (χ3v) is 5.09. The Hall–Kier alpha value is -1.73. The quantitative estimate of drug-likeness (QED) is 0.898. The summed E-state index contributed by atoms with van der Waals surface area (Å²) in [5, 5.41) is 23.2. The van der Waals surface area contributed by atoms with E-state index >= 15 is 0 Å². The normalized spacial score (nSPS) is 26.3. The molecule has 1 N–H and O–H groups in total. The van der Waals surface area contributed by atoms with Crippen LogP contribution in [0.5, 0.6) is 0 Å². The summed E-state index contributed by atoms with van der Waals surface area (Å²) in [6.07, 6.45) is 11.5. The van der Waals surface area contributed by atoms with Crippen LogP contribution in [0.25, 0.3) is 0 Å². The van der Waals surface area contributed by atoms with E-state index in [0.29, 0.717) is 19.1 Å².